The van der Waals surface area contributed by atoms with E-state index in [0.29, 0.717) is 13.0 Å². The molecule has 0 N–H and O–H groups in total. The number of hydrogen-bond acceptors (Lipinski definition) is 3. The molecule has 0 amide bonds. The van der Waals surface area contributed by atoms with Gasteiger partial charge in [0.15, 0.2) is 0 Å². The van der Waals surface area contributed by atoms with Gasteiger partial charge in [-0.05, 0) is 0 Å². The molecule has 0 bridgehead atoms. The van der Waals surface area contributed by atoms with Crippen molar-refractivity contribution in [3.05, 3.63) is 32.6 Å². The minimum absolute atomic E-state index is 0.0885. The zero-order valence-corrected chi connectivity index (χ0v) is 7.68. The molecule has 1 aliphatic rings. The topological polar surface area (TPSA) is 52.4 Å². The summed E-state index contributed by atoms with van der Waals surface area (Å²) in [5, 5.41) is 10.5. The van der Waals surface area contributed by atoms with Crippen LogP contribution in [-0.2, 0) is 6.42 Å². The number of nitro groups is 1. The molecule has 0 saturated heterocycles. The summed E-state index contributed by atoms with van der Waals surface area (Å²) in [5.41, 5.74) is -0.400. The van der Waals surface area contributed by atoms with Crippen molar-refractivity contribution < 1.29 is 14.1 Å². The molecule has 1 heterocycles. The predicted octanol–water partition coefficient (Wildman–Crippen LogP) is 2.32. The van der Waals surface area contributed by atoms with Gasteiger partial charge in [0.1, 0.15) is 5.75 Å². The molecule has 74 valence electrons. The van der Waals surface area contributed by atoms with Gasteiger partial charge in [-0.1, -0.05) is 11.6 Å². The van der Waals surface area contributed by atoms with Crippen molar-refractivity contribution in [1.82, 2.24) is 0 Å². The zero-order valence-electron chi connectivity index (χ0n) is 6.92. The summed E-state index contributed by atoms with van der Waals surface area (Å²) in [6, 6.07) is 0.973. The van der Waals surface area contributed by atoms with Gasteiger partial charge in [0.25, 0.3) is 0 Å². The normalized spacial score (nSPS) is 13.6. The van der Waals surface area contributed by atoms with Crippen molar-refractivity contribution in [3.8, 4) is 5.75 Å². The highest BCUT2D eigenvalue weighted by Crippen LogP contribution is 2.39. The maximum absolute atomic E-state index is 13.4. The molecule has 1 aliphatic heterocycles. The van der Waals surface area contributed by atoms with Crippen LogP contribution in [0.2, 0.25) is 5.02 Å². The third-order valence-electron chi connectivity index (χ3n) is 2.04. The van der Waals surface area contributed by atoms with E-state index in [0.717, 1.165) is 6.07 Å². The summed E-state index contributed by atoms with van der Waals surface area (Å²) in [7, 11) is 0. The lowest BCUT2D eigenvalue weighted by atomic mass is 10.1. The van der Waals surface area contributed by atoms with Gasteiger partial charge in [0.2, 0.25) is 5.82 Å². The van der Waals surface area contributed by atoms with E-state index in [1.165, 1.54) is 0 Å². The molecule has 0 atom stereocenters. The lowest BCUT2D eigenvalue weighted by molar-refractivity contribution is -0.387. The third-order valence-corrected chi connectivity index (χ3v) is 2.32. The average Bonchev–Trinajstić information content (AvgIpc) is 2.59. The first-order valence-corrected chi connectivity index (χ1v) is 4.27. The fourth-order valence-corrected chi connectivity index (χ4v) is 1.69. The summed E-state index contributed by atoms with van der Waals surface area (Å²) in [6.45, 7) is 0.313. The summed E-state index contributed by atoms with van der Waals surface area (Å²) >= 11 is 5.69. The van der Waals surface area contributed by atoms with E-state index >= 15 is 0 Å². The highest BCUT2D eigenvalue weighted by Gasteiger charge is 2.28. The Bertz CT molecular complexity index is 422. The Kier molecular flexibility index (Phi) is 2.03. The molecule has 0 radical (unpaired) electrons. The molecule has 4 nitrogen and oxygen atoms in total. The van der Waals surface area contributed by atoms with Gasteiger partial charge in [-0.2, -0.15) is 4.39 Å². The number of nitrogens with zero attached hydrogens (tertiary/aromatic N) is 1. The van der Waals surface area contributed by atoms with Gasteiger partial charge in [0, 0.05) is 18.1 Å². The average molecular weight is 218 g/mol. The summed E-state index contributed by atoms with van der Waals surface area (Å²) < 4.78 is 18.5. The molecule has 0 unspecified atom stereocenters. The highest BCUT2D eigenvalue weighted by molar-refractivity contribution is 6.32. The van der Waals surface area contributed by atoms with Crippen LogP contribution in [0.3, 0.4) is 0 Å². The minimum atomic E-state index is -0.841. The van der Waals surface area contributed by atoms with Crippen molar-refractivity contribution >= 4 is 17.3 Å². The van der Waals surface area contributed by atoms with Crippen molar-refractivity contribution in [2.45, 2.75) is 6.42 Å². The molecule has 1 aromatic carbocycles. The van der Waals surface area contributed by atoms with Crippen molar-refractivity contribution in [3.63, 3.8) is 0 Å². The molecule has 2 rings (SSSR count). The summed E-state index contributed by atoms with van der Waals surface area (Å²) in [6.07, 6.45) is 0.322. The Labute approximate surface area is 83.4 Å². The van der Waals surface area contributed by atoms with Crippen LogP contribution in [0.1, 0.15) is 5.56 Å². The molecule has 14 heavy (non-hydrogen) atoms. The van der Waals surface area contributed by atoms with Crippen molar-refractivity contribution in [2.75, 3.05) is 6.61 Å². The summed E-state index contributed by atoms with van der Waals surface area (Å²) in [4.78, 5) is 9.65. The van der Waals surface area contributed by atoms with E-state index in [2.05, 4.69) is 0 Å². The second-order valence-electron chi connectivity index (χ2n) is 2.85. The second kappa shape index (κ2) is 3.09. The number of nitro benzene ring substituents is 1. The van der Waals surface area contributed by atoms with E-state index < -0.39 is 16.4 Å². The Morgan fingerprint density at radius 3 is 3.00 bits per heavy atom. The molecule has 6 heteroatoms. The van der Waals surface area contributed by atoms with Crippen LogP contribution in [0.4, 0.5) is 10.1 Å². The molecular weight excluding hydrogens is 213 g/mol. The van der Waals surface area contributed by atoms with Crippen LogP contribution in [0.5, 0.6) is 5.75 Å². The zero-order chi connectivity index (χ0) is 10.3. The number of benzene rings is 1. The van der Waals surface area contributed by atoms with Crippen LogP contribution in [0.15, 0.2) is 6.07 Å². The van der Waals surface area contributed by atoms with Crippen LogP contribution in [-0.4, -0.2) is 11.5 Å². The fourth-order valence-electron chi connectivity index (χ4n) is 1.41. The Hall–Kier alpha value is -1.36. The van der Waals surface area contributed by atoms with Gasteiger partial charge in [-0.15, -0.1) is 0 Å². The second-order valence-corrected chi connectivity index (χ2v) is 3.26. The fraction of sp³-hybridized carbons (Fsp3) is 0.250. The Balaban J connectivity index is 2.68. The van der Waals surface area contributed by atoms with Crippen molar-refractivity contribution in [2.24, 2.45) is 0 Å². The number of rotatable bonds is 1. The van der Waals surface area contributed by atoms with E-state index in [-0.39, 0.29) is 16.3 Å². The first-order chi connectivity index (χ1) is 6.61. The number of hydrogen-bond donors (Lipinski definition) is 0. The smallest absolute Gasteiger partial charge is 0.306 e. The highest BCUT2D eigenvalue weighted by atomic mass is 35.5. The van der Waals surface area contributed by atoms with Gasteiger partial charge in [-0.3, -0.25) is 10.1 Å². The first kappa shape index (κ1) is 9.21. The molecule has 1 aromatic rings. The molecule has 0 aromatic heterocycles. The van der Waals surface area contributed by atoms with Crippen LogP contribution in [0.25, 0.3) is 0 Å². The maximum atomic E-state index is 13.4. The maximum Gasteiger partial charge on any atom is 0.306 e. The van der Waals surface area contributed by atoms with Gasteiger partial charge >= 0.3 is 5.69 Å². The largest absolute Gasteiger partial charge is 0.491 e. The van der Waals surface area contributed by atoms with Crippen LogP contribution in [0, 0.1) is 15.9 Å². The molecule has 0 saturated carbocycles. The third kappa shape index (κ3) is 1.21. The van der Waals surface area contributed by atoms with E-state index in [4.69, 9.17) is 16.3 Å². The standard InChI is InChI=1S/C8H5ClFNO3/c9-5-3-6(11(12)13)7(10)4-1-2-14-8(4)5/h3H,1-2H2. The van der Waals surface area contributed by atoms with Crippen molar-refractivity contribution in [1.29, 1.82) is 0 Å². The predicted molar refractivity (Wildman–Crippen MR) is 47.3 cm³/mol. The van der Waals surface area contributed by atoms with Gasteiger partial charge in [0.05, 0.1) is 16.6 Å². The lowest BCUT2D eigenvalue weighted by Crippen LogP contribution is -1.96. The SMILES string of the molecule is O=[N+]([O-])c1cc(Cl)c2c(c1F)CCO2. The number of fused-ring (bicyclic) bond motifs is 1. The molecule has 0 spiro atoms. The first-order valence-electron chi connectivity index (χ1n) is 3.89. The van der Waals surface area contributed by atoms with E-state index in [9.17, 15) is 14.5 Å². The Morgan fingerprint density at radius 1 is 1.64 bits per heavy atom. The van der Waals surface area contributed by atoms with Crippen LogP contribution < -0.4 is 4.74 Å². The van der Waals surface area contributed by atoms with E-state index in [1.54, 1.807) is 0 Å². The van der Waals surface area contributed by atoms with Gasteiger partial charge in [-0.25, -0.2) is 0 Å². The number of halogens is 2. The molecular formula is C8H5ClFNO3. The molecule has 0 fully saturated rings. The summed E-state index contributed by atoms with van der Waals surface area (Å²) in [5.74, 6) is -0.610. The van der Waals surface area contributed by atoms with Crippen LogP contribution >= 0.6 is 11.6 Å². The number of ether oxygens (including phenoxy) is 1. The van der Waals surface area contributed by atoms with Gasteiger partial charge < -0.3 is 4.74 Å². The minimum Gasteiger partial charge on any atom is -0.491 e. The monoisotopic (exact) mass is 217 g/mol. The molecule has 0 aliphatic carbocycles. The quantitative estimate of drug-likeness (QED) is 0.536. The Morgan fingerprint density at radius 2 is 2.36 bits per heavy atom. The van der Waals surface area contributed by atoms with E-state index in [1.807, 2.05) is 0 Å². The lowest BCUT2D eigenvalue weighted by Gasteiger charge is -2.02.